The molecule has 2 rings (SSSR count). The summed E-state index contributed by atoms with van der Waals surface area (Å²) in [6, 6.07) is 2.51. The topological polar surface area (TPSA) is 65.1 Å². The predicted molar refractivity (Wildman–Crippen MR) is 72.1 cm³/mol. The number of aromatic nitrogens is 1. The van der Waals surface area contributed by atoms with Gasteiger partial charge in [0.25, 0.3) is 11.2 Å². The van der Waals surface area contributed by atoms with Crippen LogP contribution in [0.4, 0.5) is 5.69 Å². The number of pyridine rings is 1. The SMILES string of the molecule is O=c1ccc([N+](=O)[O-])cn1CC1(CS)CCCC1. The second-order valence-corrected chi connectivity index (χ2v) is 5.29. The highest BCUT2D eigenvalue weighted by atomic mass is 32.1. The Labute approximate surface area is 110 Å². The molecule has 0 unspecified atom stereocenters. The Hall–Kier alpha value is -1.30. The fourth-order valence-electron chi connectivity index (χ4n) is 2.60. The Bertz CT molecular complexity index is 506. The van der Waals surface area contributed by atoms with Crippen LogP contribution in [0.3, 0.4) is 0 Å². The standard InChI is InChI=1S/C12H16N2O3S/c15-11-4-3-10(14(16)17)7-13(11)8-12(9-18)5-1-2-6-12/h3-4,7,18H,1-2,5-6,8-9H2. The molecule has 1 aromatic heterocycles. The first kappa shape index (κ1) is 13.1. The van der Waals surface area contributed by atoms with Gasteiger partial charge in [0, 0.05) is 18.7 Å². The fraction of sp³-hybridized carbons (Fsp3) is 0.583. The molecule has 1 fully saturated rings. The van der Waals surface area contributed by atoms with Crippen molar-refractivity contribution in [2.45, 2.75) is 32.2 Å². The van der Waals surface area contributed by atoms with Gasteiger partial charge >= 0.3 is 0 Å². The summed E-state index contributed by atoms with van der Waals surface area (Å²) in [5.74, 6) is 0.710. The van der Waals surface area contributed by atoms with Gasteiger partial charge in [-0.05, 0) is 24.0 Å². The van der Waals surface area contributed by atoms with Crippen molar-refractivity contribution in [3.63, 3.8) is 0 Å². The molecule has 0 spiro atoms. The Kier molecular flexibility index (Phi) is 3.75. The van der Waals surface area contributed by atoms with Crippen LogP contribution in [0.25, 0.3) is 0 Å². The first-order valence-electron chi connectivity index (χ1n) is 6.02. The van der Waals surface area contributed by atoms with Crippen LogP contribution in [0.1, 0.15) is 25.7 Å². The number of hydrogen-bond donors (Lipinski definition) is 1. The van der Waals surface area contributed by atoms with Crippen molar-refractivity contribution in [3.8, 4) is 0 Å². The van der Waals surface area contributed by atoms with Gasteiger partial charge in [-0.15, -0.1) is 0 Å². The van der Waals surface area contributed by atoms with Crippen molar-refractivity contribution < 1.29 is 4.92 Å². The Balaban J connectivity index is 2.30. The third kappa shape index (κ3) is 2.58. The molecule has 1 aromatic rings. The zero-order valence-corrected chi connectivity index (χ0v) is 10.9. The van der Waals surface area contributed by atoms with Gasteiger partial charge in [-0.25, -0.2) is 0 Å². The third-order valence-electron chi connectivity index (χ3n) is 3.68. The molecule has 6 heteroatoms. The van der Waals surface area contributed by atoms with Gasteiger partial charge in [0.2, 0.25) is 0 Å². The van der Waals surface area contributed by atoms with E-state index in [-0.39, 0.29) is 16.7 Å². The van der Waals surface area contributed by atoms with Gasteiger partial charge in [-0.3, -0.25) is 14.9 Å². The van der Waals surface area contributed by atoms with E-state index in [1.54, 1.807) is 0 Å². The molecule has 1 heterocycles. The summed E-state index contributed by atoms with van der Waals surface area (Å²) in [6.07, 6.45) is 5.69. The van der Waals surface area contributed by atoms with E-state index < -0.39 is 4.92 Å². The number of rotatable bonds is 4. The summed E-state index contributed by atoms with van der Waals surface area (Å²) in [4.78, 5) is 22.0. The van der Waals surface area contributed by atoms with E-state index in [0.717, 1.165) is 25.7 Å². The Morgan fingerprint density at radius 2 is 2.06 bits per heavy atom. The molecule has 0 radical (unpaired) electrons. The minimum absolute atomic E-state index is 0.0160. The summed E-state index contributed by atoms with van der Waals surface area (Å²) in [5.41, 5.74) is -0.210. The van der Waals surface area contributed by atoms with Crippen molar-refractivity contribution in [2.75, 3.05) is 5.75 Å². The maximum atomic E-state index is 11.8. The molecule has 5 nitrogen and oxygen atoms in total. The van der Waals surface area contributed by atoms with E-state index >= 15 is 0 Å². The Morgan fingerprint density at radius 1 is 1.39 bits per heavy atom. The summed E-state index contributed by atoms with van der Waals surface area (Å²) in [5, 5.41) is 10.7. The highest BCUT2D eigenvalue weighted by Gasteiger charge is 2.33. The van der Waals surface area contributed by atoms with Crippen LogP contribution in [0, 0.1) is 15.5 Å². The number of hydrogen-bond acceptors (Lipinski definition) is 4. The normalized spacial score (nSPS) is 17.8. The summed E-state index contributed by atoms with van der Waals surface area (Å²) < 4.78 is 1.46. The fourth-order valence-corrected chi connectivity index (χ4v) is 3.02. The largest absolute Gasteiger partial charge is 0.308 e. The molecule has 0 N–H and O–H groups in total. The molecule has 0 bridgehead atoms. The predicted octanol–water partition coefficient (Wildman–Crippen LogP) is 2.25. The number of thiol groups is 1. The van der Waals surface area contributed by atoms with E-state index in [1.165, 1.54) is 22.9 Å². The van der Waals surface area contributed by atoms with E-state index in [2.05, 4.69) is 12.6 Å². The van der Waals surface area contributed by atoms with Crippen LogP contribution in [0.2, 0.25) is 0 Å². The van der Waals surface area contributed by atoms with Crippen LogP contribution in [-0.4, -0.2) is 15.2 Å². The van der Waals surface area contributed by atoms with Gasteiger partial charge in [0.15, 0.2) is 0 Å². The lowest BCUT2D eigenvalue weighted by Crippen LogP contribution is -2.31. The van der Waals surface area contributed by atoms with E-state index in [1.807, 2.05) is 0 Å². The average Bonchev–Trinajstić information content (AvgIpc) is 2.81. The molecule has 0 saturated heterocycles. The van der Waals surface area contributed by atoms with E-state index in [0.29, 0.717) is 12.3 Å². The molecule has 1 aliphatic carbocycles. The lowest BCUT2D eigenvalue weighted by atomic mass is 9.88. The molecule has 1 saturated carbocycles. The molecular formula is C12H16N2O3S. The van der Waals surface area contributed by atoms with Crippen LogP contribution < -0.4 is 5.56 Å². The molecule has 98 valence electrons. The van der Waals surface area contributed by atoms with Gasteiger partial charge < -0.3 is 4.57 Å². The maximum Gasteiger partial charge on any atom is 0.285 e. The van der Waals surface area contributed by atoms with Gasteiger partial charge in [-0.1, -0.05) is 12.8 Å². The first-order chi connectivity index (χ1) is 8.56. The van der Waals surface area contributed by atoms with Crippen LogP contribution in [-0.2, 0) is 6.54 Å². The molecule has 0 atom stereocenters. The smallest absolute Gasteiger partial charge is 0.285 e. The van der Waals surface area contributed by atoms with Crippen molar-refractivity contribution in [1.29, 1.82) is 0 Å². The van der Waals surface area contributed by atoms with E-state index in [9.17, 15) is 14.9 Å². The lowest BCUT2D eigenvalue weighted by Gasteiger charge is -2.27. The van der Waals surface area contributed by atoms with Crippen LogP contribution in [0.5, 0.6) is 0 Å². The van der Waals surface area contributed by atoms with Crippen LogP contribution in [0.15, 0.2) is 23.1 Å². The van der Waals surface area contributed by atoms with Crippen molar-refractivity contribution in [3.05, 3.63) is 38.8 Å². The monoisotopic (exact) mass is 268 g/mol. The summed E-state index contributed by atoms with van der Waals surface area (Å²) >= 11 is 4.38. The highest BCUT2D eigenvalue weighted by molar-refractivity contribution is 7.80. The second-order valence-electron chi connectivity index (χ2n) is 4.98. The minimum atomic E-state index is -0.474. The Morgan fingerprint density at radius 3 is 2.61 bits per heavy atom. The van der Waals surface area contributed by atoms with Gasteiger partial charge in [0.05, 0.1) is 11.1 Å². The van der Waals surface area contributed by atoms with Crippen LogP contribution >= 0.6 is 12.6 Å². The van der Waals surface area contributed by atoms with E-state index in [4.69, 9.17) is 0 Å². The maximum absolute atomic E-state index is 11.8. The number of nitro groups is 1. The van der Waals surface area contributed by atoms with Crippen molar-refractivity contribution in [1.82, 2.24) is 4.57 Å². The molecular weight excluding hydrogens is 252 g/mol. The molecule has 1 aliphatic rings. The zero-order chi connectivity index (χ0) is 13.2. The first-order valence-corrected chi connectivity index (χ1v) is 6.65. The zero-order valence-electron chi connectivity index (χ0n) is 10.0. The summed E-state index contributed by atoms with van der Waals surface area (Å²) in [6.45, 7) is 0.525. The van der Waals surface area contributed by atoms with Crippen molar-refractivity contribution >= 4 is 18.3 Å². The lowest BCUT2D eigenvalue weighted by molar-refractivity contribution is -0.385. The quantitative estimate of drug-likeness (QED) is 0.517. The minimum Gasteiger partial charge on any atom is -0.308 e. The average molecular weight is 268 g/mol. The molecule has 0 aliphatic heterocycles. The number of nitrogens with zero attached hydrogens (tertiary/aromatic N) is 2. The van der Waals surface area contributed by atoms with Gasteiger partial charge in [-0.2, -0.15) is 12.6 Å². The molecule has 18 heavy (non-hydrogen) atoms. The second kappa shape index (κ2) is 5.14. The summed E-state index contributed by atoms with van der Waals surface area (Å²) in [7, 11) is 0. The van der Waals surface area contributed by atoms with Crippen molar-refractivity contribution in [2.24, 2.45) is 5.41 Å². The molecule has 0 aromatic carbocycles. The highest BCUT2D eigenvalue weighted by Crippen LogP contribution is 2.40. The van der Waals surface area contributed by atoms with Gasteiger partial charge in [0.1, 0.15) is 0 Å². The third-order valence-corrected chi connectivity index (χ3v) is 4.35. The molecule has 0 amide bonds.